The maximum absolute atomic E-state index is 6.13. The summed E-state index contributed by atoms with van der Waals surface area (Å²) < 4.78 is 51.4. The van der Waals surface area contributed by atoms with Crippen molar-refractivity contribution in [3.05, 3.63) is 0 Å². The second-order valence-electron chi connectivity index (χ2n) is 7.89. The molecule has 170 valence electrons. The van der Waals surface area contributed by atoms with Crippen LogP contribution in [-0.2, 0) is 42.6 Å². The molecule has 4 aliphatic rings. The van der Waals surface area contributed by atoms with E-state index in [9.17, 15) is 0 Å². The standard InChI is InChI=1S/C20H36O9/c1-12(10-21-4)23-6-8-25-17-15-14(3)16-18(19(17)29-20(27-15)28-16)26-9-7-24-13(2)11-22-5/h12-20H,6-11H2,1-5H3/t12-,13-,14-,15?,16+,17?,18?,19+,20?/m1/s1. The molecule has 9 nitrogen and oxygen atoms in total. The van der Waals surface area contributed by atoms with Crippen molar-refractivity contribution < 1.29 is 42.6 Å². The molecule has 9 atom stereocenters. The minimum atomic E-state index is -0.637. The molecule has 0 radical (unpaired) electrons. The van der Waals surface area contributed by atoms with Crippen LogP contribution in [0.2, 0.25) is 0 Å². The highest BCUT2D eigenvalue weighted by Gasteiger charge is 2.61. The van der Waals surface area contributed by atoms with Crippen LogP contribution < -0.4 is 0 Å². The molecule has 1 aliphatic carbocycles. The molecule has 29 heavy (non-hydrogen) atoms. The summed E-state index contributed by atoms with van der Waals surface area (Å²) in [5, 5.41) is 0. The first-order valence-electron chi connectivity index (χ1n) is 10.5. The second kappa shape index (κ2) is 11.3. The molecular weight excluding hydrogens is 384 g/mol. The van der Waals surface area contributed by atoms with Gasteiger partial charge in [-0.2, -0.15) is 0 Å². The largest absolute Gasteiger partial charge is 0.382 e. The highest BCUT2D eigenvalue weighted by atomic mass is 16.9. The lowest BCUT2D eigenvalue weighted by molar-refractivity contribution is -0.481. The third-order valence-corrected chi connectivity index (χ3v) is 5.53. The van der Waals surface area contributed by atoms with Crippen LogP contribution in [0.3, 0.4) is 0 Å². The summed E-state index contributed by atoms with van der Waals surface area (Å²) in [5.74, 6) is 0.142. The summed E-state index contributed by atoms with van der Waals surface area (Å²) in [7, 11) is 3.32. The Morgan fingerprint density at radius 3 is 1.59 bits per heavy atom. The number of hydrogen-bond donors (Lipinski definition) is 0. The third kappa shape index (κ3) is 5.87. The normalized spacial score (nSPS) is 37.8. The average Bonchev–Trinajstić information content (AvgIpc) is 2.69. The van der Waals surface area contributed by atoms with E-state index >= 15 is 0 Å². The first-order chi connectivity index (χ1) is 14.0. The average molecular weight is 420 g/mol. The smallest absolute Gasteiger partial charge is 0.272 e. The van der Waals surface area contributed by atoms with Crippen LogP contribution in [0.15, 0.2) is 0 Å². The van der Waals surface area contributed by atoms with Gasteiger partial charge in [0.25, 0.3) is 6.48 Å². The van der Waals surface area contributed by atoms with E-state index in [1.165, 1.54) is 0 Å². The van der Waals surface area contributed by atoms with Crippen molar-refractivity contribution in [3.8, 4) is 0 Å². The first-order valence-corrected chi connectivity index (χ1v) is 10.5. The Morgan fingerprint density at radius 1 is 0.690 bits per heavy atom. The third-order valence-electron chi connectivity index (χ3n) is 5.53. The highest BCUT2D eigenvalue weighted by molar-refractivity contribution is 5.05. The van der Waals surface area contributed by atoms with E-state index in [2.05, 4.69) is 6.92 Å². The van der Waals surface area contributed by atoms with Crippen molar-refractivity contribution in [1.82, 2.24) is 0 Å². The Morgan fingerprint density at radius 2 is 1.14 bits per heavy atom. The van der Waals surface area contributed by atoms with Gasteiger partial charge in [-0.05, 0) is 13.8 Å². The molecule has 3 aliphatic heterocycles. The molecule has 0 amide bonds. The monoisotopic (exact) mass is 420 g/mol. The van der Waals surface area contributed by atoms with Crippen LogP contribution in [0.25, 0.3) is 0 Å². The van der Waals surface area contributed by atoms with Crippen LogP contribution in [0.4, 0.5) is 0 Å². The Hall–Kier alpha value is -0.360. The molecule has 0 aromatic carbocycles. The fourth-order valence-electron chi connectivity index (χ4n) is 4.20. The lowest BCUT2D eigenvalue weighted by atomic mass is 9.77. The first kappa shape index (κ1) is 23.3. The van der Waals surface area contributed by atoms with Crippen molar-refractivity contribution in [3.63, 3.8) is 0 Å². The molecule has 1 saturated carbocycles. The molecule has 4 fully saturated rings. The molecule has 9 heteroatoms. The molecule has 0 N–H and O–H groups in total. The Kier molecular flexibility index (Phi) is 9.09. The Balaban J connectivity index is 1.48. The van der Waals surface area contributed by atoms with E-state index in [4.69, 9.17) is 42.6 Å². The molecule has 3 saturated heterocycles. The van der Waals surface area contributed by atoms with Gasteiger partial charge in [-0.25, -0.2) is 0 Å². The Bertz CT molecular complexity index is 441. The summed E-state index contributed by atoms with van der Waals surface area (Å²) in [6.07, 6.45) is -0.779. The van der Waals surface area contributed by atoms with Crippen LogP contribution in [-0.4, -0.2) is 103 Å². The summed E-state index contributed by atoms with van der Waals surface area (Å²) in [5.41, 5.74) is 0. The predicted octanol–water partition coefficient (Wildman–Crippen LogP) is 0.976. The molecule has 0 aromatic heterocycles. The molecule has 0 spiro atoms. The van der Waals surface area contributed by atoms with E-state index in [1.54, 1.807) is 14.2 Å². The minimum absolute atomic E-state index is 0.0264. The van der Waals surface area contributed by atoms with E-state index < -0.39 is 6.48 Å². The van der Waals surface area contributed by atoms with Gasteiger partial charge in [0.15, 0.2) is 0 Å². The van der Waals surface area contributed by atoms with E-state index in [0.717, 1.165) is 0 Å². The van der Waals surface area contributed by atoms with Gasteiger partial charge >= 0.3 is 0 Å². The SMILES string of the molecule is COC[C@@H](C)OCCOC1C2OC3O[C@@H]1C(OCCO[C@H](C)COC)[C@@H](O3)[C@@H]2C. The van der Waals surface area contributed by atoms with E-state index in [0.29, 0.717) is 39.6 Å². The zero-order chi connectivity index (χ0) is 20.8. The van der Waals surface area contributed by atoms with E-state index in [-0.39, 0.29) is 48.6 Å². The van der Waals surface area contributed by atoms with Gasteiger partial charge in [0.05, 0.1) is 64.1 Å². The molecular formula is C20H36O9. The predicted molar refractivity (Wildman–Crippen MR) is 102 cm³/mol. The lowest BCUT2D eigenvalue weighted by Gasteiger charge is -2.58. The van der Waals surface area contributed by atoms with Gasteiger partial charge in [-0.15, -0.1) is 0 Å². The maximum atomic E-state index is 6.13. The van der Waals surface area contributed by atoms with Gasteiger partial charge in [0.2, 0.25) is 0 Å². The van der Waals surface area contributed by atoms with Crippen LogP contribution >= 0.6 is 0 Å². The van der Waals surface area contributed by atoms with Crippen LogP contribution in [0, 0.1) is 5.92 Å². The van der Waals surface area contributed by atoms with Gasteiger partial charge in [0.1, 0.15) is 18.3 Å². The van der Waals surface area contributed by atoms with Gasteiger partial charge in [-0.1, -0.05) is 6.92 Å². The lowest BCUT2D eigenvalue weighted by Crippen LogP contribution is -2.73. The van der Waals surface area contributed by atoms with Crippen molar-refractivity contribution in [2.75, 3.05) is 53.9 Å². The summed E-state index contributed by atoms with van der Waals surface area (Å²) in [6.45, 7) is 8.38. The van der Waals surface area contributed by atoms with Gasteiger partial charge in [0, 0.05) is 20.1 Å². The maximum Gasteiger partial charge on any atom is 0.272 e. The summed E-state index contributed by atoms with van der Waals surface area (Å²) >= 11 is 0. The quantitative estimate of drug-likeness (QED) is 0.382. The second-order valence-corrected chi connectivity index (χ2v) is 7.89. The number of ether oxygens (including phenoxy) is 9. The topological polar surface area (TPSA) is 83.1 Å². The van der Waals surface area contributed by atoms with Crippen LogP contribution in [0.1, 0.15) is 20.8 Å². The van der Waals surface area contributed by atoms with Crippen molar-refractivity contribution in [1.29, 1.82) is 0 Å². The number of hydrogen-bond acceptors (Lipinski definition) is 9. The Labute approximate surface area is 173 Å². The minimum Gasteiger partial charge on any atom is -0.382 e. The molecule has 3 heterocycles. The van der Waals surface area contributed by atoms with Crippen molar-refractivity contribution in [2.45, 2.75) is 70.0 Å². The molecule has 0 aromatic rings. The zero-order valence-electron chi connectivity index (χ0n) is 18.1. The fourth-order valence-corrected chi connectivity index (χ4v) is 4.20. The summed E-state index contributed by atoms with van der Waals surface area (Å²) in [4.78, 5) is 0. The van der Waals surface area contributed by atoms with Crippen LogP contribution in [0.5, 0.6) is 0 Å². The zero-order valence-corrected chi connectivity index (χ0v) is 18.1. The van der Waals surface area contributed by atoms with Gasteiger partial charge in [-0.3, -0.25) is 0 Å². The molecule has 4 rings (SSSR count). The van der Waals surface area contributed by atoms with Gasteiger partial charge < -0.3 is 42.6 Å². The molecule has 4 unspecified atom stereocenters. The number of rotatable bonds is 14. The summed E-state index contributed by atoms with van der Waals surface area (Å²) in [6, 6.07) is 0. The molecule has 4 bridgehead atoms. The van der Waals surface area contributed by atoms with Crippen molar-refractivity contribution in [2.24, 2.45) is 5.92 Å². The fraction of sp³-hybridized carbons (Fsp3) is 1.00. The highest BCUT2D eigenvalue weighted by Crippen LogP contribution is 2.45. The van der Waals surface area contributed by atoms with E-state index in [1.807, 2.05) is 13.8 Å². The van der Waals surface area contributed by atoms with Crippen molar-refractivity contribution >= 4 is 0 Å². The number of methoxy groups -OCH3 is 2.